The Morgan fingerprint density at radius 3 is 2.83 bits per heavy atom. The van der Waals surface area contributed by atoms with Crippen LogP contribution in [0.15, 0.2) is 18.2 Å². The number of fused-ring (bicyclic) bond motifs is 1. The number of carbonyl (C=O) groups is 1. The Morgan fingerprint density at radius 2 is 2.17 bits per heavy atom. The minimum absolute atomic E-state index is 0.0251. The molecule has 1 aromatic carbocycles. The molecule has 4 heteroatoms. The summed E-state index contributed by atoms with van der Waals surface area (Å²) in [5.74, 6) is 0.397. The molecule has 1 heterocycles. The van der Waals surface area contributed by atoms with Crippen LogP contribution >= 0.6 is 0 Å². The highest BCUT2D eigenvalue weighted by atomic mass is 16.1. The van der Waals surface area contributed by atoms with E-state index in [1.54, 1.807) is 0 Å². The van der Waals surface area contributed by atoms with E-state index in [4.69, 9.17) is 11.5 Å². The summed E-state index contributed by atoms with van der Waals surface area (Å²) in [6, 6.07) is 6.03. The summed E-state index contributed by atoms with van der Waals surface area (Å²) in [7, 11) is 0. The number of carbonyl (C=O) groups excluding carboxylic acids is 1. The van der Waals surface area contributed by atoms with Gasteiger partial charge < -0.3 is 16.8 Å². The average Bonchev–Trinajstić information content (AvgIpc) is 2.39. The van der Waals surface area contributed by atoms with Crippen molar-refractivity contribution >= 4 is 11.6 Å². The van der Waals surface area contributed by atoms with Crippen molar-refractivity contribution in [2.75, 3.05) is 11.9 Å². The first-order chi connectivity index (χ1) is 8.65. The van der Waals surface area contributed by atoms with E-state index >= 15 is 0 Å². The number of hydrogen-bond acceptors (Lipinski definition) is 3. The number of amides is 1. The summed E-state index contributed by atoms with van der Waals surface area (Å²) in [6.07, 6.45) is 2.33. The maximum Gasteiger partial charge on any atom is 0.224 e. The van der Waals surface area contributed by atoms with Gasteiger partial charge in [-0.15, -0.1) is 0 Å². The van der Waals surface area contributed by atoms with Crippen molar-refractivity contribution in [3.05, 3.63) is 29.3 Å². The number of aryl methyl sites for hydroxylation is 1. The van der Waals surface area contributed by atoms with Crippen molar-refractivity contribution in [3.63, 3.8) is 0 Å². The first-order valence-electron chi connectivity index (χ1n) is 6.54. The van der Waals surface area contributed by atoms with Crippen LogP contribution < -0.4 is 16.8 Å². The van der Waals surface area contributed by atoms with Crippen molar-refractivity contribution < 1.29 is 4.79 Å². The van der Waals surface area contributed by atoms with Crippen LogP contribution in [0.1, 0.15) is 36.9 Å². The molecule has 2 unspecified atom stereocenters. The van der Waals surface area contributed by atoms with Crippen molar-refractivity contribution in [1.29, 1.82) is 0 Å². The van der Waals surface area contributed by atoms with Gasteiger partial charge in [0.05, 0.1) is 0 Å². The molecule has 1 amide bonds. The van der Waals surface area contributed by atoms with Crippen molar-refractivity contribution in [2.24, 2.45) is 17.4 Å². The van der Waals surface area contributed by atoms with Gasteiger partial charge in [0, 0.05) is 18.2 Å². The Morgan fingerprint density at radius 1 is 1.39 bits per heavy atom. The molecule has 1 aliphatic rings. The molecule has 1 aromatic rings. The van der Waals surface area contributed by atoms with Crippen molar-refractivity contribution in [2.45, 2.75) is 32.2 Å². The Hall–Kier alpha value is -1.39. The standard InChI is InChI=1S/C14H21N3O/c1-2-9(8-15)14(16)11-3-5-12-10(7-11)4-6-13(18)17-12/h3,5,7,9,14H,2,4,6,8,15-16H2,1H3,(H,17,18). The van der Waals surface area contributed by atoms with E-state index in [0.29, 0.717) is 18.9 Å². The van der Waals surface area contributed by atoms with E-state index < -0.39 is 0 Å². The largest absolute Gasteiger partial charge is 0.330 e. The molecule has 4 nitrogen and oxygen atoms in total. The molecule has 0 saturated heterocycles. The minimum atomic E-state index is -0.0251. The van der Waals surface area contributed by atoms with Gasteiger partial charge in [0.2, 0.25) is 5.91 Å². The monoisotopic (exact) mass is 247 g/mol. The van der Waals surface area contributed by atoms with Crippen LogP contribution in [-0.4, -0.2) is 12.5 Å². The normalized spacial score (nSPS) is 17.8. The zero-order valence-electron chi connectivity index (χ0n) is 10.8. The molecule has 2 rings (SSSR count). The fraction of sp³-hybridized carbons (Fsp3) is 0.500. The molecule has 18 heavy (non-hydrogen) atoms. The van der Waals surface area contributed by atoms with E-state index in [9.17, 15) is 4.79 Å². The number of nitrogens with two attached hydrogens (primary N) is 2. The number of nitrogens with one attached hydrogen (secondary N) is 1. The summed E-state index contributed by atoms with van der Waals surface area (Å²) in [4.78, 5) is 11.3. The minimum Gasteiger partial charge on any atom is -0.330 e. The number of benzene rings is 1. The lowest BCUT2D eigenvalue weighted by Gasteiger charge is -2.24. The number of hydrogen-bond donors (Lipinski definition) is 3. The van der Waals surface area contributed by atoms with Gasteiger partial charge in [-0.1, -0.05) is 25.5 Å². The van der Waals surface area contributed by atoms with Crippen LogP contribution in [0.2, 0.25) is 0 Å². The van der Waals surface area contributed by atoms with Gasteiger partial charge in [-0.3, -0.25) is 4.79 Å². The van der Waals surface area contributed by atoms with Gasteiger partial charge in [0.15, 0.2) is 0 Å². The second-order valence-electron chi connectivity index (χ2n) is 4.89. The Bertz CT molecular complexity index is 441. The zero-order chi connectivity index (χ0) is 13.1. The molecule has 0 radical (unpaired) electrons. The molecule has 0 aliphatic carbocycles. The fourth-order valence-electron chi connectivity index (χ4n) is 2.45. The second-order valence-corrected chi connectivity index (χ2v) is 4.89. The number of rotatable bonds is 4. The smallest absolute Gasteiger partial charge is 0.224 e. The molecule has 2 atom stereocenters. The third kappa shape index (κ3) is 2.54. The summed E-state index contributed by atoms with van der Waals surface area (Å²) < 4.78 is 0. The molecule has 98 valence electrons. The first kappa shape index (κ1) is 13.1. The zero-order valence-corrected chi connectivity index (χ0v) is 10.8. The molecular formula is C14H21N3O. The Kier molecular flexibility index (Phi) is 3.99. The van der Waals surface area contributed by atoms with E-state index in [-0.39, 0.29) is 11.9 Å². The average molecular weight is 247 g/mol. The highest BCUT2D eigenvalue weighted by molar-refractivity contribution is 5.93. The molecule has 0 bridgehead atoms. The lowest BCUT2D eigenvalue weighted by molar-refractivity contribution is -0.116. The van der Waals surface area contributed by atoms with E-state index in [2.05, 4.69) is 18.3 Å². The van der Waals surface area contributed by atoms with E-state index in [0.717, 1.165) is 24.1 Å². The molecule has 0 spiro atoms. The van der Waals surface area contributed by atoms with Gasteiger partial charge in [-0.05, 0) is 36.1 Å². The summed E-state index contributed by atoms with van der Waals surface area (Å²) in [6.45, 7) is 2.71. The SMILES string of the molecule is CCC(CN)C(N)c1ccc2c(c1)CCC(=O)N2. The van der Waals surface area contributed by atoms with Gasteiger partial charge in [-0.25, -0.2) is 0 Å². The lowest BCUT2D eigenvalue weighted by Crippen LogP contribution is -2.28. The predicted molar refractivity (Wildman–Crippen MR) is 73.2 cm³/mol. The maximum absolute atomic E-state index is 11.3. The van der Waals surface area contributed by atoms with Crippen LogP contribution in [0, 0.1) is 5.92 Å². The maximum atomic E-state index is 11.3. The fourth-order valence-corrected chi connectivity index (χ4v) is 2.45. The lowest BCUT2D eigenvalue weighted by atomic mass is 9.89. The third-order valence-corrected chi connectivity index (χ3v) is 3.74. The molecule has 5 N–H and O–H groups in total. The van der Waals surface area contributed by atoms with Crippen LogP contribution in [-0.2, 0) is 11.2 Å². The third-order valence-electron chi connectivity index (χ3n) is 3.74. The second kappa shape index (κ2) is 5.50. The van der Waals surface area contributed by atoms with Gasteiger partial charge in [0.1, 0.15) is 0 Å². The predicted octanol–water partition coefficient (Wildman–Crippen LogP) is 1.56. The number of anilines is 1. The topological polar surface area (TPSA) is 81.1 Å². The van der Waals surface area contributed by atoms with Crippen LogP contribution in [0.4, 0.5) is 5.69 Å². The summed E-state index contributed by atoms with van der Waals surface area (Å²) >= 11 is 0. The van der Waals surface area contributed by atoms with Crippen LogP contribution in [0.25, 0.3) is 0 Å². The Labute approximate surface area is 108 Å². The highest BCUT2D eigenvalue weighted by Gasteiger charge is 2.20. The highest BCUT2D eigenvalue weighted by Crippen LogP contribution is 2.28. The Balaban J connectivity index is 2.23. The van der Waals surface area contributed by atoms with Gasteiger partial charge in [0.25, 0.3) is 0 Å². The first-order valence-corrected chi connectivity index (χ1v) is 6.54. The van der Waals surface area contributed by atoms with Gasteiger partial charge in [-0.2, -0.15) is 0 Å². The molecular weight excluding hydrogens is 226 g/mol. The van der Waals surface area contributed by atoms with E-state index in [1.165, 1.54) is 5.56 Å². The van der Waals surface area contributed by atoms with Crippen LogP contribution in [0.3, 0.4) is 0 Å². The molecule has 0 saturated carbocycles. The van der Waals surface area contributed by atoms with Crippen molar-refractivity contribution in [1.82, 2.24) is 0 Å². The summed E-state index contributed by atoms with van der Waals surface area (Å²) in [5.41, 5.74) is 15.2. The molecule has 1 aliphatic heterocycles. The summed E-state index contributed by atoms with van der Waals surface area (Å²) in [5, 5.41) is 2.88. The molecule has 0 aromatic heterocycles. The van der Waals surface area contributed by atoms with Gasteiger partial charge >= 0.3 is 0 Å². The van der Waals surface area contributed by atoms with E-state index in [1.807, 2.05) is 12.1 Å². The van der Waals surface area contributed by atoms with Crippen molar-refractivity contribution in [3.8, 4) is 0 Å². The molecule has 0 fully saturated rings. The quantitative estimate of drug-likeness (QED) is 0.755. The van der Waals surface area contributed by atoms with Crippen LogP contribution in [0.5, 0.6) is 0 Å².